The molecular formula is C17H17ClFN3O3. The summed E-state index contributed by atoms with van der Waals surface area (Å²) in [6.07, 6.45) is 1.75. The van der Waals surface area contributed by atoms with E-state index in [4.69, 9.17) is 21.1 Å². The molecule has 1 aromatic heterocycles. The minimum Gasteiger partial charge on any atom is -0.492 e. The van der Waals surface area contributed by atoms with Crippen molar-refractivity contribution in [1.82, 2.24) is 4.98 Å². The molecule has 6 nitrogen and oxygen atoms in total. The Hall–Kier alpha value is -2.54. The number of anilines is 1. The van der Waals surface area contributed by atoms with Crippen molar-refractivity contribution in [2.75, 3.05) is 19.5 Å². The molecule has 0 amide bonds. The highest BCUT2D eigenvalue weighted by Crippen LogP contribution is 2.40. The number of aromatic nitrogens is 1. The number of carbonyl (C=O) groups excluding carboxylic acids is 1. The maximum Gasteiger partial charge on any atom is 0.338 e. The van der Waals surface area contributed by atoms with Crippen molar-refractivity contribution in [1.29, 1.82) is 0 Å². The van der Waals surface area contributed by atoms with Gasteiger partial charge in [0.05, 0.1) is 24.8 Å². The van der Waals surface area contributed by atoms with E-state index in [1.54, 1.807) is 13.1 Å². The minimum absolute atomic E-state index is 0.0862. The molecule has 1 atom stereocenters. The second-order valence-corrected chi connectivity index (χ2v) is 6.22. The standard InChI is InChI=1S/C17H17ClFN3O3/c1-8-7-20-15-11(8)17(2,16(23)25-4)22-14(21-15)9-5-6-10(18)13(24-3)12(9)19/h5-7,20H,1-4H3,(H,21,22). The summed E-state index contributed by atoms with van der Waals surface area (Å²) in [6, 6.07) is 2.98. The van der Waals surface area contributed by atoms with Crippen LogP contribution in [0.3, 0.4) is 0 Å². The average molecular weight is 366 g/mol. The van der Waals surface area contributed by atoms with Gasteiger partial charge in [-0.05, 0) is 31.5 Å². The number of halogens is 2. The fourth-order valence-electron chi connectivity index (χ4n) is 3.05. The normalized spacial score (nSPS) is 18.9. The molecule has 25 heavy (non-hydrogen) atoms. The maximum atomic E-state index is 14.8. The number of aromatic amines is 1. The van der Waals surface area contributed by atoms with Crippen LogP contribution >= 0.6 is 11.6 Å². The van der Waals surface area contributed by atoms with Crippen LogP contribution in [0.4, 0.5) is 10.2 Å². The van der Waals surface area contributed by atoms with Crippen LogP contribution in [0, 0.1) is 12.7 Å². The van der Waals surface area contributed by atoms with Crippen LogP contribution < -0.4 is 10.1 Å². The number of H-pyrrole nitrogens is 1. The van der Waals surface area contributed by atoms with E-state index < -0.39 is 17.3 Å². The summed E-state index contributed by atoms with van der Waals surface area (Å²) in [6.45, 7) is 3.48. The Morgan fingerprint density at radius 3 is 2.72 bits per heavy atom. The second kappa shape index (κ2) is 6.07. The van der Waals surface area contributed by atoms with Crippen molar-refractivity contribution in [2.24, 2.45) is 4.99 Å². The monoisotopic (exact) mass is 365 g/mol. The molecule has 2 aromatic rings. The highest BCUT2D eigenvalue weighted by molar-refractivity contribution is 6.32. The number of rotatable bonds is 3. The molecular weight excluding hydrogens is 349 g/mol. The van der Waals surface area contributed by atoms with E-state index >= 15 is 0 Å². The Kier molecular flexibility index (Phi) is 4.20. The Bertz CT molecular complexity index is 894. The van der Waals surface area contributed by atoms with Crippen LogP contribution in [0.1, 0.15) is 23.6 Å². The summed E-state index contributed by atoms with van der Waals surface area (Å²) >= 11 is 5.95. The van der Waals surface area contributed by atoms with Crippen LogP contribution in [-0.2, 0) is 15.1 Å². The molecule has 0 saturated carbocycles. The number of methoxy groups -OCH3 is 2. The third kappa shape index (κ3) is 2.55. The zero-order chi connectivity index (χ0) is 18.4. The lowest BCUT2D eigenvalue weighted by Crippen LogP contribution is -2.39. The number of fused-ring (bicyclic) bond motifs is 1. The second-order valence-electron chi connectivity index (χ2n) is 5.81. The molecule has 2 heterocycles. The fourth-order valence-corrected chi connectivity index (χ4v) is 3.27. The van der Waals surface area contributed by atoms with Gasteiger partial charge in [-0.25, -0.2) is 14.2 Å². The predicted octanol–water partition coefficient (Wildman–Crippen LogP) is 3.38. The highest BCUT2D eigenvalue weighted by Gasteiger charge is 2.44. The molecule has 1 aliphatic rings. The maximum absolute atomic E-state index is 14.8. The largest absolute Gasteiger partial charge is 0.492 e. The molecule has 0 fully saturated rings. The fraction of sp³-hybridized carbons (Fsp3) is 0.294. The molecule has 0 radical (unpaired) electrons. The lowest BCUT2D eigenvalue weighted by atomic mass is 9.89. The van der Waals surface area contributed by atoms with Gasteiger partial charge in [-0.1, -0.05) is 11.6 Å². The van der Waals surface area contributed by atoms with Gasteiger partial charge in [-0.2, -0.15) is 0 Å². The molecule has 0 bridgehead atoms. The summed E-state index contributed by atoms with van der Waals surface area (Å²) in [5, 5.41) is 3.17. The Balaban J connectivity index is 2.21. The van der Waals surface area contributed by atoms with Crippen molar-refractivity contribution in [3.63, 3.8) is 0 Å². The van der Waals surface area contributed by atoms with E-state index in [2.05, 4.69) is 15.3 Å². The van der Waals surface area contributed by atoms with Crippen LogP contribution in [0.25, 0.3) is 0 Å². The van der Waals surface area contributed by atoms with Gasteiger partial charge < -0.3 is 19.8 Å². The molecule has 1 unspecified atom stereocenters. The van der Waals surface area contributed by atoms with Gasteiger partial charge >= 0.3 is 5.97 Å². The first-order chi connectivity index (χ1) is 11.8. The van der Waals surface area contributed by atoms with Crippen LogP contribution in [-0.4, -0.2) is 31.0 Å². The smallest absolute Gasteiger partial charge is 0.338 e. The van der Waals surface area contributed by atoms with E-state index in [1.807, 2.05) is 6.92 Å². The average Bonchev–Trinajstić information content (AvgIpc) is 2.96. The van der Waals surface area contributed by atoms with E-state index in [-0.39, 0.29) is 22.2 Å². The van der Waals surface area contributed by atoms with Crippen molar-refractivity contribution in [3.8, 4) is 5.75 Å². The number of carbonyl (C=O) groups is 1. The summed E-state index contributed by atoms with van der Waals surface area (Å²) in [5.74, 6) is -0.563. The summed E-state index contributed by atoms with van der Waals surface area (Å²) < 4.78 is 24.7. The van der Waals surface area contributed by atoms with E-state index in [9.17, 15) is 9.18 Å². The first-order valence-corrected chi connectivity index (χ1v) is 7.87. The minimum atomic E-state index is -1.31. The SMILES string of the molecule is COC(=O)C1(C)N=C(c2ccc(Cl)c(OC)c2F)Nc2[nH]cc(C)c21. The van der Waals surface area contributed by atoms with E-state index in [0.29, 0.717) is 11.4 Å². The highest BCUT2D eigenvalue weighted by atomic mass is 35.5. The number of amidine groups is 1. The van der Waals surface area contributed by atoms with Crippen LogP contribution in [0.2, 0.25) is 5.02 Å². The third-order valence-corrected chi connectivity index (χ3v) is 4.53. The molecule has 8 heteroatoms. The van der Waals surface area contributed by atoms with Crippen LogP contribution in [0.5, 0.6) is 5.75 Å². The number of esters is 1. The van der Waals surface area contributed by atoms with Crippen molar-refractivity contribution >= 4 is 29.2 Å². The zero-order valence-corrected chi connectivity index (χ0v) is 14.9. The van der Waals surface area contributed by atoms with Crippen molar-refractivity contribution in [2.45, 2.75) is 19.4 Å². The molecule has 0 saturated heterocycles. The molecule has 3 rings (SSSR count). The number of aryl methyl sites for hydroxylation is 1. The zero-order valence-electron chi connectivity index (χ0n) is 14.2. The summed E-state index contributed by atoms with van der Waals surface area (Å²) in [4.78, 5) is 19.9. The van der Waals surface area contributed by atoms with E-state index in [1.165, 1.54) is 26.4 Å². The number of benzene rings is 1. The topological polar surface area (TPSA) is 75.7 Å². The summed E-state index contributed by atoms with van der Waals surface area (Å²) in [7, 11) is 2.62. The van der Waals surface area contributed by atoms with Gasteiger partial charge in [0.15, 0.2) is 17.1 Å². The van der Waals surface area contributed by atoms with Crippen molar-refractivity contribution in [3.05, 3.63) is 45.9 Å². The van der Waals surface area contributed by atoms with Gasteiger partial charge in [0.2, 0.25) is 0 Å². The number of nitrogens with zero attached hydrogens (tertiary/aromatic N) is 1. The Morgan fingerprint density at radius 2 is 2.08 bits per heavy atom. The molecule has 1 aromatic carbocycles. The number of nitrogens with one attached hydrogen (secondary N) is 2. The first kappa shape index (κ1) is 17.3. The third-order valence-electron chi connectivity index (χ3n) is 4.23. The lowest BCUT2D eigenvalue weighted by molar-refractivity contribution is -0.146. The first-order valence-electron chi connectivity index (χ1n) is 7.49. The molecule has 1 aliphatic heterocycles. The van der Waals surface area contributed by atoms with Crippen LogP contribution in [0.15, 0.2) is 23.3 Å². The predicted molar refractivity (Wildman–Crippen MR) is 93.0 cm³/mol. The van der Waals surface area contributed by atoms with Gasteiger partial charge in [-0.3, -0.25) is 0 Å². The van der Waals surface area contributed by atoms with Gasteiger partial charge in [0, 0.05) is 11.8 Å². The van der Waals surface area contributed by atoms with Gasteiger partial charge in [-0.15, -0.1) is 0 Å². The quantitative estimate of drug-likeness (QED) is 0.817. The Labute approximate surface area is 149 Å². The number of hydrogen-bond donors (Lipinski definition) is 2. The number of ether oxygens (including phenoxy) is 2. The Morgan fingerprint density at radius 1 is 1.36 bits per heavy atom. The summed E-state index contributed by atoms with van der Waals surface area (Å²) in [5.41, 5.74) is 0.319. The number of hydrogen-bond acceptors (Lipinski definition) is 5. The number of aliphatic imine (C=N–C) groups is 1. The molecule has 2 N–H and O–H groups in total. The lowest BCUT2D eigenvalue weighted by Gasteiger charge is -2.30. The molecule has 0 aliphatic carbocycles. The molecule has 0 spiro atoms. The van der Waals surface area contributed by atoms with Gasteiger partial charge in [0.1, 0.15) is 11.7 Å². The molecule has 132 valence electrons. The van der Waals surface area contributed by atoms with E-state index in [0.717, 1.165) is 5.56 Å². The van der Waals surface area contributed by atoms with Gasteiger partial charge in [0.25, 0.3) is 0 Å². The van der Waals surface area contributed by atoms with Crippen molar-refractivity contribution < 1.29 is 18.7 Å².